The third-order valence-corrected chi connectivity index (χ3v) is 5.62. The third-order valence-electron chi connectivity index (χ3n) is 4.53. The highest BCUT2D eigenvalue weighted by atomic mass is 32.1. The predicted molar refractivity (Wildman–Crippen MR) is 103 cm³/mol. The van der Waals surface area contributed by atoms with E-state index in [1.807, 2.05) is 32.9 Å². The van der Waals surface area contributed by atoms with Crippen LogP contribution in [-0.4, -0.2) is 61.2 Å². The summed E-state index contributed by atoms with van der Waals surface area (Å²) < 4.78 is 6.44. The molecule has 0 aliphatic carbocycles. The highest BCUT2D eigenvalue weighted by Crippen LogP contribution is 2.31. The molecule has 2 heterocycles. The van der Waals surface area contributed by atoms with Crippen molar-refractivity contribution in [2.24, 2.45) is 0 Å². The lowest BCUT2D eigenvalue weighted by molar-refractivity contribution is -0.126. The van der Waals surface area contributed by atoms with Gasteiger partial charge in [-0.2, -0.15) is 0 Å². The summed E-state index contributed by atoms with van der Waals surface area (Å²) in [6.07, 6.45) is 0. The van der Waals surface area contributed by atoms with Crippen molar-refractivity contribution in [3.8, 4) is 5.75 Å². The smallest absolute Gasteiger partial charge is 0.237 e. The molecule has 2 aromatic rings. The molecule has 1 N–H and O–H groups in total. The van der Waals surface area contributed by atoms with Gasteiger partial charge in [0, 0.05) is 38.3 Å². The molecule has 1 atom stereocenters. The number of anilines is 1. The molecule has 1 amide bonds. The molecule has 7 heteroatoms. The van der Waals surface area contributed by atoms with Crippen LogP contribution in [0, 0.1) is 0 Å². The van der Waals surface area contributed by atoms with Crippen molar-refractivity contribution in [3.05, 3.63) is 18.2 Å². The molecule has 6 nitrogen and oxygen atoms in total. The van der Waals surface area contributed by atoms with Gasteiger partial charge >= 0.3 is 0 Å². The zero-order chi connectivity index (χ0) is 18.0. The molecule has 0 radical (unpaired) electrons. The van der Waals surface area contributed by atoms with Crippen LogP contribution in [0.3, 0.4) is 0 Å². The number of piperazine rings is 1. The SMILES string of the molecule is COc1ccc2sc(N3CCN(C(C)C(=O)NC(C)C)CC3)nc2c1. The number of hydrogen-bond acceptors (Lipinski definition) is 6. The highest BCUT2D eigenvalue weighted by Gasteiger charge is 2.26. The minimum atomic E-state index is -0.0934. The summed E-state index contributed by atoms with van der Waals surface area (Å²) in [7, 11) is 1.67. The monoisotopic (exact) mass is 362 g/mol. The standard InChI is InChI=1S/C18H26N4O2S/c1-12(2)19-17(23)13(3)21-7-9-22(10-8-21)18-20-15-11-14(24-4)5-6-16(15)25-18/h5-6,11-13H,7-10H2,1-4H3,(H,19,23). The van der Waals surface area contributed by atoms with E-state index in [0.717, 1.165) is 42.6 Å². The van der Waals surface area contributed by atoms with Crippen molar-refractivity contribution in [1.29, 1.82) is 0 Å². The second kappa shape index (κ2) is 7.58. The Morgan fingerprint density at radius 3 is 2.60 bits per heavy atom. The van der Waals surface area contributed by atoms with Crippen LogP contribution in [-0.2, 0) is 4.79 Å². The molecule has 1 aromatic heterocycles. The van der Waals surface area contributed by atoms with Crippen molar-refractivity contribution in [3.63, 3.8) is 0 Å². The number of amides is 1. The predicted octanol–water partition coefficient (Wildman–Crippen LogP) is 2.34. The highest BCUT2D eigenvalue weighted by molar-refractivity contribution is 7.22. The second-order valence-electron chi connectivity index (χ2n) is 6.69. The zero-order valence-electron chi connectivity index (χ0n) is 15.3. The Bertz CT molecular complexity index is 738. The Morgan fingerprint density at radius 1 is 1.24 bits per heavy atom. The fourth-order valence-corrected chi connectivity index (χ4v) is 4.03. The van der Waals surface area contributed by atoms with Gasteiger partial charge in [0.2, 0.25) is 5.91 Å². The molecule has 0 saturated carbocycles. The summed E-state index contributed by atoms with van der Waals surface area (Å²) in [5.74, 6) is 0.940. The van der Waals surface area contributed by atoms with Crippen LogP contribution in [0.25, 0.3) is 10.2 Å². The molecular weight excluding hydrogens is 336 g/mol. The van der Waals surface area contributed by atoms with Gasteiger partial charge in [0.1, 0.15) is 5.75 Å². The average molecular weight is 362 g/mol. The zero-order valence-corrected chi connectivity index (χ0v) is 16.1. The summed E-state index contributed by atoms with van der Waals surface area (Å²) in [5, 5.41) is 4.04. The van der Waals surface area contributed by atoms with Crippen molar-refractivity contribution >= 4 is 32.6 Å². The Kier molecular flexibility index (Phi) is 5.44. The van der Waals surface area contributed by atoms with Gasteiger partial charge in [0.25, 0.3) is 0 Å². The van der Waals surface area contributed by atoms with Gasteiger partial charge in [0.15, 0.2) is 5.13 Å². The van der Waals surface area contributed by atoms with Crippen molar-refractivity contribution < 1.29 is 9.53 Å². The summed E-state index contributed by atoms with van der Waals surface area (Å²) in [6.45, 7) is 9.47. The van der Waals surface area contributed by atoms with Crippen molar-refractivity contribution in [2.75, 3.05) is 38.2 Å². The number of methoxy groups -OCH3 is 1. The van der Waals surface area contributed by atoms with E-state index in [1.54, 1.807) is 18.4 Å². The van der Waals surface area contributed by atoms with E-state index in [1.165, 1.54) is 4.70 Å². The first-order valence-corrected chi connectivity index (χ1v) is 9.53. The fourth-order valence-electron chi connectivity index (χ4n) is 3.03. The average Bonchev–Trinajstić information content (AvgIpc) is 3.03. The molecule has 25 heavy (non-hydrogen) atoms. The molecule has 0 spiro atoms. The van der Waals surface area contributed by atoms with Gasteiger partial charge in [-0.25, -0.2) is 4.98 Å². The molecule has 1 unspecified atom stereocenters. The first-order chi connectivity index (χ1) is 12.0. The number of thiazole rings is 1. The van der Waals surface area contributed by atoms with Crippen LogP contribution < -0.4 is 15.0 Å². The molecule has 1 aromatic carbocycles. The van der Waals surface area contributed by atoms with Gasteiger partial charge in [-0.3, -0.25) is 9.69 Å². The van der Waals surface area contributed by atoms with Crippen LogP contribution in [0.5, 0.6) is 5.75 Å². The summed E-state index contributed by atoms with van der Waals surface area (Å²) in [5.41, 5.74) is 0.978. The van der Waals surface area contributed by atoms with E-state index < -0.39 is 0 Å². The molecule has 1 saturated heterocycles. The van der Waals surface area contributed by atoms with E-state index in [0.29, 0.717) is 0 Å². The first-order valence-electron chi connectivity index (χ1n) is 8.72. The van der Waals surface area contributed by atoms with Crippen LogP contribution in [0.1, 0.15) is 20.8 Å². The lowest BCUT2D eigenvalue weighted by Crippen LogP contribution is -2.54. The van der Waals surface area contributed by atoms with Crippen LogP contribution in [0.4, 0.5) is 5.13 Å². The summed E-state index contributed by atoms with van der Waals surface area (Å²) >= 11 is 1.71. The normalized spacial score (nSPS) is 17.1. The number of benzene rings is 1. The molecule has 1 fully saturated rings. The number of aromatic nitrogens is 1. The minimum Gasteiger partial charge on any atom is -0.497 e. The minimum absolute atomic E-state index is 0.0934. The number of nitrogens with one attached hydrogen (secondary N) is 1. The van der Waals surface area contributed by atoms with Gasteiger partial charge in [-0.05, 0) is 32.9 Å². The van der Waals surface area contributed by atoms with Crippen LogP contribution in [0.2, 0.25) is 0 Å². The van der Waals surface area contributed by atoms with E-state index >= 15 is 0 Å². The summed E-state index contributed by atoms with van der Waals surface area (Å²) in [6, 6.07) is 6.09. The van der Waals surface area contributed by atoms with Gasteiger partial charge in [0.05, 0.1) is 23.4 Å². The molecule has 1 aliphatic heterocycles. The molecule has 3 rings (SSSR count). The Labute approximate surface area is 152 Å². The number of rotatable bonds is 5. The van der Waals surface area contributed by atoms with E-state index in [9.17, 15) is 4.79 Å². The summed E-state index contributed by atoms with van der Waals surface area (Å²) in [4.78, 5) is 21.5. The van der Waals surface area contributed by atoms with E-state index in [2.05, 4.69) is 21.2 Å². The molecule has 136 valence electrons. The molecule has 0 bridgehead atoms. The number of hydrogen-bond donors (Lipinski definition) is 1. The topological polar surface area (TPSA) is 57.7 Å². The lowest BCUT2D eigenvalue weighted by Gasteiger charge is -2.37. The number of carbonyl (C=O) groups excluding carboxylic acids is 1. The first kappa shape index (κ1) is 17.9. The van der Waals surface area contributed by atoms with Crippen molar-refractivity contribution in [1.82, 2.24) is 15.2 Å². The maximum atomic E-state index is 12.2. The van der Waals surface area contributed by atoms with Gasteiger partial charge < -0.3 is 15.0 Å². The number of fused-ring (bicyclic) bond motifs is 1. The van der Waals surface area contributed by atoms with Gasteiger partial charge in [-0.1, -0.05) is 11.3 Å². The number of carbonyl (C=O) groups is 1. The second-order valence-corrected chi connectivity index (χ2v) is 7.70. The van der Waals surface area contributed by atoms with Crippen LogP contribution in [0.15, 0.2) is 18.2 Å². The molecule has 1 aliphatic rings. The lowest BCUT2D eigenvalue weighted by atomic mass is 10.2. The number of ether oxygens (including phenoxy) is 1. The fraction of sp³-hybridized carbons (Fsp3) is 0.556. The largest absolute Gasteiger partial charge is 0.497 e. The quantitative estimate of drug-likeness (QED) is 0.885. The Hall–Kier alpha value is -1.86. The maximum Gasteiger partial charge on any atom is 0.237 e. The van der Waals surface area contributed by atoms with Crippen molar-refractivity contribution in [2.45, 2.75) is 32.9 Å². The van der Waals surface area contributed by atoms with Crippen LogP contribution >= 0.6 is 11.3 Å². The molecular formula is C18H26N4O2S. The Balaban J connectivity index is 1.63. The van der Waals surface area contributed by atoms with Gasteiger partial charge in [-0.15, -0.1) is 0 Å². The third kappa shape index (κ3) is 4.04. The Morgan fingerprint density at radius 2 is 1.96 bits per heavy atom. The number of nitrogens with zero attached hydrogens (tertiary/aromatic N) is 3. The maximum absolute atomic E-state index is 12.2. The van der Waals surface area contributed by atoms with E-state index in [4.69, 9.17) is 9.72 Å². The van der Waals surface area contributed by atoms with E-state index in [-0.39, 0.29) is 18.0 Å².